The monoisotopic (exact) mass is 460 g/mol. The second-order valence-electron chi connectivity index (χ2n) is 8.76. The number of hydrogen-bond donors (Lipinski definition) is 1. The van der Waals surface area contributed by atoms with Gasteiger partial charge in [-0.3, -0.25) is 18.5 Å². The van der Waals surface area contributed by atoms with Gasteiger partial charge < -0.3 is 10.6 Å². The van der Waals surface area contributed by atoms with Gasteiger partial charge in [0.1, 0.15) is 5.82 Å². The van der Waals surface area contributed by atoms with E-state index in [1.165, 1.54) is 9.13 Å². The van der Waals surface area contributed by atoms with Crippen LogP contribution in [0.2, 0.25) is 0 Å². The van der Waals surface area contributed by atoms with Crippen LogP contribution in [-0.4, -0.2) is 47.8 Å². The predicted molar refractivity (Wildman–Crippen MR) is 133 cm³/mol. The lowest BCUT2D eigenvalue weighted by Gasteiger charge is -2.31. The lowest BCUT2D eigenvalue weighted by atomic mass is 10.1. The number of aryl methyl sites for hydroxylation is 2. The van der Waals surface area contributed by atoms with Gasteiger partial charge in [0.25, 0.3) is 5.56 Å². The summed E-state index contributed by atoms with van der Waals surface area (Å²) in [6.07, 6.45) is 5.55. The molecule has 4 heterocycles. The summed E-state index contributed by atoms with van der Waals surface area (Å²) in [7, 11) is 1.63. The summed E-state index contributed by atoms with van der Waals surface area (Å²) in [4.78, 5) is 42.8. The fourth-order valence-electron chi connectivity index (χ4n) is 4.68. The first kappa shape index (κ1) is 22.0. The van der Waals surface area contributed by atoms with Crippen LogP contribution in [0.5, 0.6) is 0 Å². The Kier molecular flexibility index (Phi) is 5.52. The largest absolute Gasteiger partial charge is 0.340 e. The summed E-state index contributed by atoms with van der Waals surface area (Å²) >= 11 is 0. The number of hydrogen-bond acceptors (Lipinski definition) is 7. The van der Waals surface area contributed by atoms with Gasteiger partial charge in [-0.15, -0.1) is 0 Å². The molecule has 10 heteroatoms. The third-order valence-corrected chi connectivity index (χ3v) is 6.34. The molecule has 1 aliphatic heterocycles. The van der Waals surface area contributed by atoms with E-state index in [9.17, 15) is 9.59 Å². The van der Waals surface area contributed by atoms with Gasteiger partial charge in [-0.2, -0.15) is 4.98 Å². The molecule has 176 valence electrons. The van der Waals surface area contributed by atoms with Gasteiger partial charge in [-0.1, -0.05) is 24.3 Å². The predicted octanol–water partition coefficient (Wildman–Crippen LogP) is 1.61. The second kappa shape index (κ2) is 8.53. The molecular formula is C24H28N8O2. The van der Waals surface area contributed by atoms with Crippen molar-refractivity contribution in [2.45, 2.75) is 39.3 Å². The van der Waals surface area contributed by atoms with Gasteiger partial charge in [0.15, 0.2) is 11.2 Å². The van der Waals surface area contributed by atoms with Gasteiger partial charge in [-0.05, 0) is 32.8 Å². The minimum Gasteiger partial charge on any atom is -0.340 e. The molecule has 0 radical (unpaired) electrons. The molecule has 5 rings (SSSR count). The van der Waals surface area contributed by atoms with Crippen LogP contribution >= 0.6 is 0 Å². The standard InChI is InChI=1S/C24H28N8O2/c1-4-11-31-20-21(28-23(31)30-12-7-8-16(25)13-30)29(3)24(34)32(22(20)33)14-19-26-15(2)17-9-5-6-10-18(17)27-19/h4-6,9-11,16H,7-8,12-14,25H2,1-3H3/t16-/m1/s1. The fourth-order valence-corrected chi connectivity index (χ4v) is 4.68. The number of aromatic nitrogens is 6. The zero-order valence-corrected chi connectivity index (χ0v) is 19.6. The average Bonchev–Trinajstić information content (AvgIpc) is 3.20. The van der Waals surface area contributed by atoms with Crippen molar-refractivity contribution < 1.29 is 0 Å². The third kappa shape index (κ3) is 3.60. The van der Waals surface area contributed by atoms with Crippen molar-refractivity contribution in [3.8, 4) is 0 Å². The lowest BCUT2D eigenvalue weighted by molar-refractivity contribution is 0.499. The zero-order chi connectivity index (χ0) is 24.0. The first-order valence-corrected chi connectivity index (χ1v) is 11.5. The van der Waals surface area contributed by atoms with E-state index >= 15 is 0 Å². The summed E-state index contributed by atoms with van der Waals surface area (Å²) in [6.45, 7) is 5.18. The molecule has 4 aromatic rings. The van der Waals surface area contributed by atoms with Gasteiger partial charge in [0.2, 0.25) is 5.95 Å². The molecule has 0 aliphatic carbocycles. The maximum Gasteiger partial charge on any atom is 0.332 e. The maximum atomic E-state index is 13.7. The van der Waals surface area contributed by atoms with Crippen LogP contribution in [0.1, 0.15) is 31.3 Å². The Morgan fingerprint density at radius 1 is 1.18 bits per heavy atom. The number of benzene rings is 1. The fraction of sp³-hybridized carbons (Fsp3) is 0.375. The van der Waals surface area contributed by atoms with Crippen molar-refractivity contribution in [1.82, 2.24) is 28.7 Å². The van der Waals surface area contributed by atoms with E-state index in [2.05, 4.69) is 14.9 Å². The number of allylic oxidation sites excluding steroid dienone is 1. The molecule has 0 amide bonds. The Hall–Kier alpha value is -3.79. The van der Waals surface area contributed by atoms with E-state index < -0.39 is 11.2 Å². The van der Waals surface area contributed by atoms with E-state index in [-0.39, 0.29) is 12.6 Å². The Morgan fingerprint density at radius 2 is 1.97 bits per heavy atom. The molecule has 2 N–H and O–H groups in total. The smallest absolute Gasteiger partial charge is 0.332 e. The number of fused-ring (bicyclic) bond motifs is 2. The Morgan fingerprint density at radius 3 is 2.74 bits per heavy atom. The van der Waals surface area contributed by atoms with Crippen LogP contribution in [0.3, 0.4) is 0 Å². The molecule has 1 fully saturated rings. The number of nitrogens with zero attached hydrogens (tertiary/aromatic N) is 7. The molecule has 0 unspecified atom stereocenters. The van der Waals surface area contributed by atoms with E-state index in [0.29, 0.717) is 29.5 Å². The lowest BCUT2D eigenvalue weighted by Crippen LogP contribution is -2.43. The minimum absolute atomic E-state index is 0.0297. The molecule has 1 aromatic carbocycles. The summed E-state index contributed by atoms with van der Waals surface area (Å²) in [5, 5.41) is 0.942. The molecule has 3 aromatic heterocycles. The summed E-state index contributed by atoms with van der Waals surface area (Å²) < 4.78 is 4.36. The van der Waals surface area contributed by atoms with Crippen LogP contribution in [0, 0.1) is 6.92 Å². The van der Waals surface area contributed by atoms with Gasteiger partial charge in [-0.25, -0.2) is 14.8 Å². The Balaban J connectivity index is 1.69. The highest BCUT2D eigenvalue weighted by Crippen LogP contribution is 2.23. The van der Waals surface area contributed by atoms with Gasteiger partial charge in [0, 0.05) is 43.5 Å². The number of anilines is 1. The number of imidazole rings is 1. The first-order chi connectivity index (χ1) is 16.4. The van der Waals surface area contributed by atoms with Crippen LogP contribution in [0.4, 0.5) is 5.95 Å². The SMILES string of the molecule is CC=Cn1c(N2CCC[C@@H](N)C2)nc2c1c(=O)n(Cc1nc(C)c3ccccc3n1)c(=O)n2C. The van der Waals surface area contributed by atoms with Crippen LogP contribution in [0.15, 0.2) is 39.9 Å². The molecule has 1 aliphatic rings. The van der Waals surface area contributed by atoms with Crippen molar-refractivity contribution in [2.24, 2.45) is 12.8 Å². The molecule has 0 saturated carbocycles. The summed E-state index contributed by atoms with van der Waals surface area (Å²) in [6, 6.07) is 7.73. The number of para-hydroxylation sites is 1. The van der Waals surface area contributed by atoms with E-state index in [0.717, 1.165) is 36.0 Å². The van der Waals surface area contributed by atoms with Crippen molar-refractivity contribution >= 4 is 34.2 Å². The molecule has 0 bridgehead atoms. The summed E-state index contributed by atoms with van der Waals surface area (Å²) in [5.74, 6) is 1.03. The molecule has 10 nitrogen and oxygen atoms in total. The van der Waals surface area contributed by atoms with Crippen molar-refractivity contribution in [2.75, 3.05) is 18.0 Å². The van der Waals surface area contributed by atoms with Crippen LogP contribution < -0.4 is 21.9 Å². The molecule has 1 saturated heterocycles. The molecule has 0 spiro atoms. The number of rotatable bonds is 4. The van der Waals surface area contributed by atoms with Gasteiger partial charge >= 0.3 is 5.69 Å². The highest BCUT2D eigenvalue weighted by Gasteiger charge is 2.26. The Labute approximate surface area is 196 Å². The van der Waals surface area contributed by atoms with Crippen molar-refractivity contribution in [3.05, 3.63) is 62.7 Å². The van der Waals surface area contributed by atoms with Crippen molar-refractivity contribution in [1.29, 1.82) is 0 Å². The number of nitrogens with two attached hydrogens (primary N) is 1. The molecule has 1 atom stereocenters. The molecular weight excluding hydrogens is 432 g/mol. The third-order valence-electron chi connectivity index (χ3n) is 6.34. The zero-order valence-electron chi connectivity index (χ0n) is 19.6. The highest BCUT2D eigenvalue weighted by atomic mass is 16.2. The quantitative estimate of drug-likeness (QED) is 0.492. The van der Waals surface area contributed by atoms with E-state index in [4.69, 9.17) is 10.7 Å². The van der Waals surface area contributed by atoms with E-state index in [1.54, 1.807) is 17.8 Å². The summed E-state index contributed by atoms with van der Waals surface area (Å²) in [5.41, 5.74) is 7.57. The maximum absolute atomic E-state index is 13.7. The normalized spacial score (nSPS) is 16.8. The van der Waals surface area contributed by atoms with Gasteiger partial charge in [0.05, 0.1) is 12.1 Å². The van der Waals surface area contributed by atoms with Crippen LogP contribution in [-0.2, 0) is 13.6 Å². The highest BCUT2D eigenvalue weighted by molar-refractivity contribution is 5.80. The van der Waals surface area contributed by atoms with E-state index in [1.807, 2.05) is 44.2 Å². The molecule has 34 heavy (non-hydrogen) atoms. The Bertz CT molecular complexity index is 1540. The van der Waals surface area contributed by atoms with Crippen molar-refractivity contribution in [3.63, 3.8) is 0 Å². The average molecular weight is 461 g/mol. The van der Waals surface area contributed by atoms with Crippen LogP contribution in [0.25, 0.3) is 28.3 Å². The first-order valence-electron chi connectivity index (χ1n) is 11.5. The topological polar surface area (TPSA) is 117 Å². The number of piperidine rings is 1. The second-order valence-corrected chi connectivity index (χ2v) is 8.76. The minimum atomic E-state index is -0.459.